The number of carbonyl (C=O) groups is 1. The highest BCUT2D eigenvalue weighted by Crippen LogP contribution is 2.25. The molecule has 1 aliphatic carbocycles. The summed E-state index contributed by atoms with van der Waals surface area (Å²) in [5, 5.41) is 2.98. The van der Waals surface area contributed by atoms with Gasteiger partial charge in [-0.05, 0) is 36.5 Å². The number of hydrogen-bond acceptors (Lipinski definition) is 2. The number of rotatable bonds is 4. The zero-order valence-corrected chi connectivity index (χ0v) is 13.9. The van der Waals surface area contributed by atoms with Gasteiger partial charge in [0.25, 0.3) is 0 Å². The summed E-state index contributed by atoms with van der Waals surface area (Å²) >= 11 is 3.43. The van der Waals surface area contributed by atoms with Crippen molar-refractivity contribution in [3.8, 4) is 0 Å². The van der Waals surface area contributed by atoms with Gasteiger partial charge < -0.3 is 11.1 Å². The van der Waals surface area contributed by atoms with Gasteiger partial charge in [-0.25, -0.2) is 0 Å². The molecule has 112 valence electrons. The molecule has 0 heterocycles. The minimum atomic E-state index is 0. The fourth-order valence-corrected chi connectivity index (χ4v) is 3.09. The van der Waals surface area contributed by atoms with Crippen LogP contribution in [0.25, 0.3) is 0 Å². The lowest BCUT2D eigenvalue weighted by Crippen LogP contribution is -2.36. The van der Waals surface area contributed by atoms with Gasteiger partial charge in [-0.15, -0.1) is 12.4 Å². The van der Waals surface area contributed by atoms with Crippen LogP contribution in [0.1, 0.15) is 37.7 Å². The maximum absolute atomic E-state index is 11.9. The van der Waals surface area contributed by atoms with Gasteiger partial charge in [-0.2, -0.15) is 0 Å². The molecular formula is C15H22BrClN2O. The van der Waals surface area contributed by atoms with Crippen molar-refractivity contribution in [1.82, 2.24) is 5.32 Å². The third kappa shape index (κ3) is 5.43. The average Bonchev–Trinajstić information content (AvgIpc) is 2.39. The molecule has 0 aliphatic heterocycles. The van der Waals surface area contributed by atoms with E-state index in [9.17, 15) is 4.79 Å². The predicted octanol–water partition coefficient (Wildman–Crippen LogP) is 3.39. The second kappa shape index (κ2) is 8.65. The van der Waals surface area contributed by atoms with Crippen LogP contribution in [0.2, 0.25) is 0 Å². The predicted molar refractivity (Wildman–Crippen MR) is 87.8 cm³/mol. The molecule has 2 rings (SSSR count). The monoisotopic (exact) mass is 360 g/mol. The van der Waals surface area contributed by atoms with Crippen molar-refractivity contribution in [2.45, 2.75) is 44.7 Å². The van der Waals surface area contributed by atoms with Crippen molar-refractivity contribution in [3.05, 3.63) is 34.3 Å². The van der Waals surface area contributed by atoms with E-state index in [1.165, 1.54) is 12.8 Å². The second-order valence-electron chi connectivity index (χ2n) is 5.32. The first kappa shape index (κ1) is 17.5. The van der Waals surface area contributed by atoms with Crippen LogP contribution < -0.4 is 11.1 Å². The zero-order valence-electron chi connectivity index (χ0n) is 11.5. The van der Waals surface area contributed by atoms with Gasteiger partial charge in [-0.3, -0.25) is 4.79 Å². The molecule has 2 atom stereocenters. The van der Waals surface area contributed by atoms with Crippen LogP contribution in [0.15, 0.2) is 28.7 Å². The number of carbonyl (C=O) groups excluding carboxylic acids is 1. The summed E-state index contributed by atoms with van der Waals surface area (Å²) in [7, 11) is 0. The molecule has 1 fully saturated rings. The molecule has 20 heavy (non-hydrogen) atoms. The average molecular weight is 362 g/mol. The van der Waals surface area contributed by atoms with Crippen LogP contribution in [0.4, 0.5) is 0 Å². The molecule has 5 heteroatoms. The summed E-state index contributed by atoms with van der Waals surface area (Å²) in [6.45, 7) is 0.584. The summed E-state index contributed by atoms with van der Waals surface area (Å²) in [5.41, 5.74) is 7.18. The maximum Gasteiger partial charge on any atom is 0.220 e. The Kier molecular flexibility index (Phi) is 7.56. The molecule has 0 bridgehead atoms. The van der Waals surface area contributed by atoms with Gasteiger partial charge in [0.05, 0.1) is 0 Å². The van der Waals surface area contributed by atoms with Gasteiger partial charge in [0, 0.05) is 23.5 Å². The minimum absolute atomic E-state index is 0. The van der Waals surface area contributed by atoms with Gasteiger partial charge >= 0.3 is 0 Å². The number of nitrogens with two attached hydrogens (primary N) is 1. The van der Waals surface area contributed by atoms with Crippen molar-refractivity contribution in [2.75, 3.05) is 0 Å². The molecular weight excluding hydrogens is 340 g/mol. The molecule has 3 N–H and O–H groups in total. The van der Waals surface area contributed by atoms with E-state index in [4.69, 9.17) is 5.73 Å². The molecule has 0 saturated heterocycles. The van der Waals surface area contributed by atoms with E-state index in [0.717, 1.165) is 22.9 Å². The highest BCUT2D eigenvalue weighted by atomic mass is 79.9. The smallest absolute Gasteiger partial charge is 0.220 e. The summed E-state index contributed by atoms with van der Waals surface area (Å²) < 4.78 is 1.04. The Bertz CT molecular complexity index is 442. The largest absolute Gasteiger partial charge is 0.352 e. The van der Waals surface area contributed by atoms with E-state index in [0.29, 0.717) is 18.9 Å². The molecule has 2 unspecified atom stereocenters. The highest BCUT2D eigenvalue weighted by Gasteiger charge is 2.23. The Morgan fingerprint density at radius 1 is 1.35 bits per heavy atom. The fourth-order valence-electron chi connectivity index (χ4n) is 2.65. The molecule has 1 aromatic rings. The Morgan fingerprint density at radius 3 is 2.80 bits per heavy atom. The number of hydrogen-bond donors (Lipinski definition) is 2. The molecule has 0 radical (unpaired) electrons. The lowest BCUT2D eigenvalue weighted by atomic mass is 9.83. The van der Waals surface area contributed by atoms with Gasteiger partial charge in [0.1, 0.15) is 0 Å². The van der Waals surface area contributed by atoms with Crippen molar-refractivity contribution in [2.24, 2.45) is 11.7 Å². The normalized spacial score (nSPS) is 21.9. The molecule has 3 nitrogen and oxygen atoms in total. The van der Waals surface area contributed by atoms with Crippen molar-refractivity contribution < 1.29 is 4.79 Å². The molecule has 1 amide bonds. The number of nitrogens with one attached hydrogen (secondary N) is 1. The Balaban J connectivity index is 0.00000200. The zero-order chi connectivity index (χ0) is 13.7. The van der Waals surface area contributed by atoms with Crippen LogP contribution in [0, 0.1) is 5.92 Å². The first-order valence-electron chi connectivity index (χ1n) is 6.92. The minimum Gasteiger partial charge on any atom is -0.352 e. The van der Waals surface area contributed by atoms with E-state index in [1.54, 1.807) is 0 Å². The van der Waals surface area contributed by atoms with E-state index < -0.39 is 0 Å². The van der Waals surface area contributed by atoms with E-state index in [1.807, 2.05) is 24.3 Å². The fraction of sp³-hybridized carbons (Fsp3) is 0.533. The summed E-state index contributed by atoms with van der Waals surface area (Å²) in [5.74, 6) is 0.471. The first-order valence-corrected chi connectivity index (χ1v) is 7.71. The van der Waals surface area contributed by atoms with Gasteiger partial charge in [-0.1, -0.05) is 40.9 Å². The Labute approximate surface area is 135 Å². The number of halogens is 2. The van der Waals surface area contributed by atoms with Crippen molar-refractivity contribution in [3.63, 3.8) is 0 Å². The van der Waals surface area contributed by atoms with E-state index in [-0.39, 0.29) is 24.4 Å². The summed E-state index contributed by atoms with van der Waals surface area (Å²) in [6.07, 6.45) is 5.12. The van der Waals surface area contributed by atoms with Crippen molar-refractivity contribution in [1.29, 1.82) is 0 Å². The van der Waals surface area contributed by atoms with Crippen LogP contribution in [0.5, 0.6) is 0 Å². The topological polar surface area (TPSA) is 55.1 Å². The molecule has 0 aromatic heterocycles. The molecule has 1 aliphatic rings. The number of amides is 1. The highest BCUT2D eigenvalue weighted by molar-refractivity contribution is 9.10. The number of benzene rings is 1. The van der Waals surface area contributed by atoms with Gasteiger partial charge in [0.2, 0.25) is 5.91 Å². The van der Waals surface area contributed by atoms with Crippen LogP contribution in [0.3, 0.4) is 0 Å². The van der Waals surface area contributed by atoms with Crippen LogP contribution in [-0.2, 0) is 11.3 Å². The molecule has 1 saturated carbocycles. The van der Waals surface area contributed by atoms with Crippen LogP contribution >= 0.6 is 28.3 Å². The maximum atomic E-state index is 11.9. The lowest BCUT2D eigenvalue weighted by Gasteiger charge is -2.27. The quantitative estimate of drug-likeness (QED) is 0.863. The third-order valence-electron chi connectivity index (χ3n) is 3.79. The SMILES string of the molecule is Cl.NC1CCCCC1CC(=O)NCc1cccc(Br)c1. The molecule has 1 aromatic carbocycles. The third-order valence-corrected chi connectivity index (χ3v) is 4.29. The van der Waals surface area contributed by atoms with Crippen LogP contribution in [-0.4, -0.2) is 11.9 Å². The van der Waals surface area contributed by atoms with E-state index in [2.05, 4.69) is 21.2 Å². The Hall–Kier alpha value is -0.580. The Morgan fingerprint density at radius 2 is 2.10 bits per heavy atom. The summed E-state index contributed by atoms with van der Waals surface area (Å²) in [4.78, 5) is 11.9. The lowest BCUT2D eigenvalue weighted by molar-refractivity contribution is -0.122. The van der Waals surface area contributed by atoms with Gasteiger partial charge in [0.15, 0.2) is 0 Å². The van der Waals surface area contributed by atoms with E-state index >= 15 is 0 Å². The summed E-state index contributed by atoms with van der Waals surface area (Å²) in [6, 6.07) is 8.18. The van der Waals surface area contributed by atoms with Crippen molar-refractivity contribution >= 4 is 34.2 Å². The standard InChI is InChI=1S/C15H21BrN2O.ClH/c16-13-6-3-4-11(8-13)10-18-15(19)9-12-5-1-2-7-14(12)17;/h3-4,6,8,12,14H,1-2,5,7,9-10,17H2,(H,18,19);1H. The molecule has 0 spiro atoms. The second-order valence-corrected chi connectivity index (χ2v) is 6.23. The first-order chi connectivity index (χ1) is 9.15.